The summed E-state index contributed by atoms with van der Waals surface area (Å²) < 4.78 is 1.99. The summed E-state index contributed by atoms with van der Waals surface area (Å²) in [6.07, 6.45) is 12.9. The van der Waals surface area contributed by atoms with Crippen LogP contribution in [0.5, 0.6) is 0 Å². The van der Waals surface area contributed by atoms with Crippen LogP contribution in [0.25, 0.3) is 17.1 Å². The Morgan fingerprint density at radius 2 is 2.00 bits per heavy atom. The minimum absolute atomic E-state index is 0.398. The molecule has 5 heterocycles. The Kier molecular flexibility index (Phi) is 3.79. The van der Waals surface area contributed by atoms with Crippen molar-refractivity contribution in [2.75, 3.05) is 4.90 Å². The Balaban J connectivity index is 1.44. The van der Waals surface area contributed by atoms with Gasteiger partial charge in [-0.15, -0.1) is 0 Å². The number of hydrogen-bond donors (Lipinski definition) is 0. The van der Waals surface area contributed by atoms with Crippen molar-refractivity contribution in [3.8, 4) is 11.5 Å². The zero-order chi connectivity index (χ0) is 19.4. The summed E-state index contributed by atoms with van der Waals surface area (Å²) in [6, 6.07) is 8.97. The van der Waals surface area contributed by atoms with E-state index in [-0.39, 0.29) is 0 Å². The van der Waals surface area contributed by atoms with Gasteiger partial charge in [0, 0.05) is 42.8 Å². The van der Waals surface area contributed by atoms with E-state index in [1.54, 1.807) is 0 Å². The Bertz CT molecular complexity index is 1100. The molecule has 0 amide bonds. The fraction of sp³-hybridized carbons (Fsp3) is 0.391. The first-order valence-corrected chi connectivity index (χ1v) is 10.6. The molecule has 146 valence electrons. The standard InChI is InChI=1S/C23H24N6/c1-28-21(10-12-25-28)15-13-16-8-9-17(14-15)29(16)23-18-5-4-7-19(18)26-22(27-23)20-6-2-3-11-24-20/h2-3,6,10-13,16-17H,4-5,7-9,14H2,1H3. The lowest BCUT2D eigenvalue weighted by Gasteiger charge is -2.36. The van der Waals surface area contributed by atoms with Crippen LogP contribution in [0.2, 0.25) is 0 Å². The van der Waals surface area contributed by atoms with Gasteiger partial charge >= 0.3 is 0 Å². The molecule has 2 aliphatic heterocycles. The maximum Gasteiger partial charge on any atom is 0.180 e. The molecule has 3 aromatic rings. The third kappa shape index (κ3) is 2.69. The Hall–Kier alpha value is -3.02. The van der Waals surface area contributed by atoms with E-state index in [9.17, 15) is 0 Å². The van der Waals surface area contributed by atoms with Gasteiger partial charge in [-0.1, -0.05) is 12.1 Å². The molecular weight excluding hydrogens is 360 g/mol. The van der Waals surface area contributed by atoms with Crippen molar-refractivity contribution in [2.45, 2.75) is 50.6 Å². The number of pyridine rings is 1. The second-order valence-corrected chi connectivity index (χ2v) is 8.31. The summed E-state index contributed by atoms with van der Waals surface area (Å²) in [5.74, 6) is 1.92. The van der Waals surface area contributed by atoms with Crippen LogP contribution in [0.3, 0.4) is 0 Å². The van der Waals surface area contributed by atoms with Gasteiger partial charge in [-0.2, -0.15) is 5.10 Å². The molecule has 3 aromatic heterocycles. The summed E-state index contributed by atoms with van der Waals surface area (Å²) in [5.41, 5.74) is 6.10. The van der Waals surface area contributed by atoms with Crippen molar-refractivity contribution in [2.24, 2.45) is 7.05 Å². The zero-order valence-electron chi connectivity index (χ0n) is 16.6. The maximum absolute atomic E-state index is 5.09. The number of aryl methyl sites for hydroxylation is 2. The summed E-state index contributed by atoms with van der Waals surface area (Å²) in [5, 5.41) is 4.37. The van der Waals surface area contributed by atoms with E-state index in [2.05, 4.69) is 27.1 Å². The highest BCUT2D eigenvalue weighted by molar-refractivity contribution is 5.70. The fourth-order valence-electron chi connectivity index (χ4n) is 5.27. The lowest BCUT2D eigenvalue weighted by molar-refractivity contribution is 0.639. The van der Waals surface area contributed by atoms with Crippen molar-refractivity contribution >= 4 is 11.4 Å². The largest absolute Gasteiger partial charge is 0.346 e. The SMILES string of the molecule is Cn1nccc1C1=CC2CCC(C1)N2c1nc(-c2ccccn2)nc2c1CCC2. The molecule has 1 fully saturated rings. The first kappa shape index (κ1) is 16.9. The molecule has 0 aromatic carbocycles. The number of anilines is 1. The summed E-state index contributed by atoms with van der Waals surface area (Å²) in [6.45, 7) is 0. The van der Waals surface area contributed by atoms with Crippen LogP contribution in [-0.4, -0.2) is 36.8 Å². The van der Waals surface area contributed by atoms with Crippen LogP contribution in [0.15, 0.2) is 42.7 Å². The molecular formula is C23H24N6. The van der Waals surface area contributed by atoms with Gasteiger partial charge < -0.3 is 4.90 Å². The molecule has 1 aliphatic carbocycles. The van der Waals surface area contributed by atoms with Crippen LogP contribution < -0.4 is 4.90 Å². The van der Waals surface area contributed by atoms with Gasteiger partial charge in [0.1, 0.15) is 11.5 Å². The summed E-state index contributed by atoms with van der Waals surface area (Å²) in [4.78, 5) is 17.1. The lowest BCUT2D eigenvalue weighted by atomic mass is 9.97. The van der Waals surface area contributed by atoms with Crippen molar-refractivity contribution in [3.05, 3.63) is 59.7 Å². The van der Waals surface area contributed by atoms with Crippen molar-refractivity contribution in [3.63, 3.8) is 0 Å². The number of aromatic nitrogens is 5. The highest BCUT2D eigenvalue weighted by Gasteiger charge is 2.40. The quantitative estimate of drug-likeness (QED) is 0.691. The number of fused-ring (bicyclic) bond motifs is 3. The molecule has 0 spiro atoms. The topological polar surface area (TPSA) is 59.7 Å². The molecule has 6 nitrogen and oxygen atoms in total. The van der Waals surface area contributed by atoms with E-state index in [4.69, 9.17) is 9.97 Å². The van der Waals surface area contributed by atoms with Crippen LogP contribution in [-0.2, 0) is 19.9 Å². The molecule has 0 saturated carbocycles. The summed E-state index contributed by atoms with van der Waals surface area (Å²) >= 11 is 0. The molecule has 6 heteroatoms. The Labute approximate surface area is 170 Å². The van der Waals surface area contributed by atoms with E-state index in [0.717, 1.165) is 36.6 Å². The Morgan fingerprint density at radius 1 is 1.03 bits per heavy atom. The van der Waals surface area contributed by atoms with Gasteiger partial charge in [-0.3, -0.25) is 9.67 Å². The molecule has 2 atom stereocenters. The lowest BCUT2D eigenvalue weighted by Crippen LogP contribution is -2.40. The van der Waals surface area contributed by atoms with Gasteiger partial charge in [0.15, 0.2) is 5.82 Å². The number of hydrogen-bond acceptors (Lipinski definition) is 5. The van der Waals surface area contributed by atoms with E-state index in [1.807, 2.05) is 42.3 Å². The molecule has 29 heavy (non-hydrogen) atoms. The first-order valence-electron chi connectivity index (χ1n) is 10.6. The van der Waals surface area contributed by atoms with Gasteiger partial charge in [0.2, 0.25) is 0 Å². The second-order valence-electron chi connectivity index (χ2n) is 8.31. The van der Waals surface area contributed by atoms with E-state index in [1.165, 1.54) is 41.8 Å². The minimum atomic E-state index is 0.398. The summed E-state index contributed by atoms with van der Waals surface area (Å²) in [7, 11) is 2.03. The van der Waals surface area contributed by atoms with Crippen LogP contribution >= 0.6 is 0 Å². The molecule has 2 bridgehead atoms. The smallest absolute Gasteiger partial charge is 0.180 e. The van der Waals surface area contributed by atoms with E-state index >= 15 is 0 Å². The van der Waals surface area contributed by atoms with Crippen LogP contribution in [0.4, 0.5) is 5.82 Å². The van der Waals surface area contributed by atoms with E-state index in [0.29, 0.717) is 12.1 Å². The van der Waals surface area contributed by atoms with E-state index < -0.39 is 0 Å². The second kappa shape index (κ2) is 6.51. The molecule has 0 N–H and O–H groups in total. The third-order valence-electron chi connectivity index (χ3n) is 6.60. The third-order valence-corrected chi connectivity index (χ3v) is 6.60. The maximum atomic E-state index is 5.09. The van der Waals surface area contributed by atoms with Crippen molar-refractivity contribution in [1.82, 2.24) is 24.7 Å². The molecule has 2 unspecified atom stereocenters. The highest BCUT2D eigenvalue weighted by atomic mass is 15.3. The van der Waals surface area contributed by atoms with Gasteiger partial charge in [-0.05, 0) is 62.3 Å². The zero-order valence-corrected chi connectivity index (χ0v) is 16.6. The number of rotatable bonds is 3. The van der Waals surface area contributed by atoms with Crippen molar-refractivity contribution in [1.29, 1.82) is 0 Å². The Morgan fingerprint density at radius 3 is 2.79 bits per heavy atom. The first-order chi connectivity index (χ1) is 14.3. The average Bonchev–Trinajstić information content (AvgIpc) is 3.45. The predicted molar refractivity (Wildman–Crippen MR) is 112 cm³/mol. The minimum Gasteiger partial charge on any atom is -0.346 e. The van der Waals surface area contributed by atoms with Gasteiger partial charge in [-0.25, -0.2) is 9.97 Å². The molecule has 3 aliphatic rings. The molecule has 6 rings (SSSR count). The van der Waals surface area contributed by atoms with Gasteiger partial charge in [0.05, 0.1) is 5.69 Å². The predicted octanol–water partition coefficient (Wildman–Crippen LogP) is 3.59. The van der Waals surface area contributed by atoms with Crippen molar-refractivity contribution < 1.29 is 0 Å². The molecule has 1 saturated heterocycles. The van der Waals surface area contributed by atoms with Crippen LogP contribution in [0.1, 0.15) is 42.6 Å². The average molecular weight is 384 g/mol. The normalized spacial score (nSPS) is 22.7. The van der Waals surface area contributed by atoms with Crippen LogP contribution in [0, 0.1) is 0 Å². The fourth-order valence-corrected chi connectivity index (χ4v) is 5.27. The van der Waals surface area contributed by atoms with Gasteiger partial charge in [0.25, 0.3) is 0 Å². The number of nitrogens with zero attached hydrogens (tertiary/aromatic N) is 6. The molecule has 0 radical (unpaired) electrons. The highest BCUT2D eigenvalue weighted by Crippen LogP contribution is 2.43. The monoisotopic (exact) mass is 384 g/mol.